The van der Waals surface area contributed by atoms with Gasteiger partial charge in [-0.1, -0.05) is 26.8 Å². The second kappa shape index (κ2) is 6.38. The summed E-state index contributed by atoms with van der Waals surface area (Å²) in [5.41, 5.74) is 0.438. The number of hydrogen-bond acceptors (Lipinski definition) is 4. The number of anilines is 1. The SMILES string of the molecule is COc1ccc(C(C)(C)C)cc1NC(=O)CN1C(=O)NC(C)(C)C1=O. The van der Waals surface area contributed by atoms with Crippen LogP contribution < -0.4 is 15.4 Å². The number of carbonyl (C=O) groups is 3. The number of urea groups is 1. The Kier molecular flexibility index (Phi) is 4.79. The van der Waals surface area contributed by atoms with Crippen LogP contribution in [-0.2, 0) is 15.0 Å². The Morgan fingerprint density at radius 2 is 1.92 bits per heavy atom. The highest BCUT2D eigenvalue weighted by atomic mass is 16.5. The van der Waals surface area contributed by atoms with Gasteiger partial charge in [-0.25, -0.2) is 4.79 Å². The highest BCUT2D eigenvalue weighted by Gasteiger charge is 2.44. The van der Waals surface area contributed by atoms with Gasteiger partial charge in [0.25, 0.3) is 5.91 Å². The number of methoxy groups -OCH3 is 1. The average molecular weight is 347 g/mol. The molecule has 1 fully saturated rings. The van der Waals surface area contributed by atoms with Gasteiger partial charge in [0, 0.05) is 0 Å². The van der Waals surface area contributed by atoms with Gasteiger partial charge in [-0.3, -0.25) is 14.5 Å². The van der Waals surface area contributed by atoms with E-state index in [0.29, 0.717) is 11.4 Å². The van der Waals surface area contributed by atoms with Crippen LogP contribution in [0.3, 0.4) is 0 Å². The summed E-state index contributed by atoms with van der Waals surface area (Å²) in [4.78, 5) is 37.3. The summed E-state index contributed by atoms with van der Waals surface area (Å²) < 4.78 is 5.28. The molecule has 1 aromatic rings. The second-order valence-corrected chi connectivity index (χ2v) is 7.66. The molecule has 2 N–H and O–H groups in total. The first kappa shape index (κ1) is 18.8. The fourth-order valence-corrected chi connectivity index (χ4v) is 2.57. The zero-order valence-corrected chi connectivity index (χ0v) is 15.5. The Morgan fingerprint density at radius 1 is 1.28 bits per heavy atom. The number of benzene rings is 1. The van der Waals surface area contributed by atoms with Crippen LogP contribution in [0.15, 0.2) is 18.2 Å². The molecule has 0 bridgehead atoms. The van der Waals surface area contributed by atoms with Crippen LogP contribution in [0.4, 0.5) is 10.5 Å². The second-order valence-electron chi connectivity index (χ2n) is 7.66. The van der Waals surface area contributed by atoms with Gasteiger partial charge in [-0.05, 0) is 37.0 Å². The zero-order valence-electron chi connectivity index (χ0n) is 15.5. The Balaban J connectivity index is 2.18. The van der Waals surface area contributed by atoms with Crippen molar-refractivity contribution in [3.05, 3.63) is 23.8 Å². The zero-order chi connectivity index (χ0) is 19.0. The predicted molar refractivity (Wildman–Crippen MR) is 94.6 cm³/mol. The standard InChI is InChI=1S/C18H25N3O4/c1-17(2,3)11-7-8-13(25-6)12(9-11)19-14(22)10-21-15(23)18(4,5)20-16(21)24/h7-9H,10H2,1-6H3,(H,19,22)(H,20,24). The van der Waals surface area contributed by atoms with Gasteiger partial charge < -0.3 is 15.4 Å². The molecule has 0 aliphatic carbocycles. The van der Waals surface area contributed by atoms with E-state index < -0.39 is 23.4 Å². The number of amides is 4. The third-order valence-corrected chi connectivity index (χ3v) is 4.09. The molecule has 0 atom stereocenters. The van der Waals surface area contributed by atoms with Gasteiger partial charge in [-0.2, -0.15) is 0 Å². The van der Waals surface area contributed by atoms with E-state index in [4.69, 9.17) is 4.74 Å². The van der Waals surface area contributed by atoms with Crippen molar-refractivity contribution in [2.75, 3.05) is 19.0 Å². The minimum atomic E-state index is -0.999. The molecule has 0 spiro atoms. The molecular weight excluding hydrogens is 322 g/mol. The quantitative estimate of drug-likeness (QED) is 0.818. The molecule has 1 aliphatic rings. The maximum atomic E-state index is 12.4. The van der Waals surface area contributed by atoms with Crippen molar-refractivity contribution in [2.24, 2.45) is 0 Å². The fourth-order valence-electron chi connectivity index (χ4n) is 2.57. The van der Waals surface area contributed by atoms with E-state index in [1.54, 1.807) is 19.9 Å². The van der Waals surface area contributed by atoms with Crippen LogP contribution in [0.2, 0.25) is 0 Å². The number of carbonyl (C=O) groups excluding carboxylic acids is 3. The molecule has 1 saturated heterocycles. The molecule has 0 unspecified atom stereocenters. The Labute approximate surface area is 147 Å². The minimum absolute atomic E-state index is 0.0966. The minimum Gasteiger partial charge on any atom is -0.495 e. The molecule has 1 aromatic carbocycles. The van der Waals surface area contributed by atoms with Crippen molar-refractivity contribution in [2.45, 2.75) is 45.6 Å². The molecule has 7 heteroatoms. The number of nitrogens with one attached hydrogen (secondary N) is 2. The molecule has 1 heterocycles. The maximum Gasteiger partial charge on any atom is 0.325 e. The third kappa shape index (κ3) is 3.92. The summed E-state index contributed by atoms with van der Waals surface area (Å²) >= 11 is 0. The van der Waals surface area contributed by atoms with Crippen LogP contribution in [0, 0.1) is 0 Å². The third-order valence-electron chi connectivity index (χ3n) is 4.09. The van der Waals surface area contributed by atoms with Gasteiger partial charge in [0.1, 0.15) is 17.8 Å². The summed E-state index contributed by atoms with van der Waals surface area (Å²) in [6, 6.07) is 4.99. The lowest BCUT2D eigenvalue weighted by Gasteiger charge is -2.21. The van der Waals surface area contributed by atoms with Crippen LogP contribution >= 0.6 is 0 Å². The van der Waals surface area contributed by atoms with Crippen molar-refractivity contribution < 1.29 is 19.1 Å². The maximum absolute atomic E-state index is 12.4. The molecule has 0 radical (unpaired) electrons. The molecule has 25 heavy (non-hydrogen) atoms. The van der Waals surface area contributed by atoms with Crippen molar-refractivity contribution >= 4 is 23.5 Å². The van der Waals surface area contributed by atoms with E-state index in [1.807, 2.05) is 12.1 Å². The van der Waals surface area contributed by atoms with Gasteiger partial charge in [0.15, 0.2) is 0 Å². The van der Waals surface area contributed by atoms with Crippen molar-refractivity contribution in [1.29, 1.82) is 0 Å². The molecule has 7 nitrogen and oxygen atoms in total. The molecule has 1 aliphatic heterocycles. The Morgan fingerprint density at radius 3 is 2.40 bits per heavy atom. The van der Waals surface area contributed by atoms with Gasteiger partial charge in [0.2, 0.25) is 5.91 Å². The summed E-state index contributed by atoms with van der Waals surface area (Å²) in [6.07, 6.45) is 0. The summed E-state index contributed by atoms with van der Waals surface area (Å²) in [5, 5.41) is 5.28. The van der Waals surface area contributed by atoms with E-state index >= 15 is 0 Å². The molecule has 0 aromatic heterocycles. The first-order valence-electron chi connectivity index (χ1n) is 8.08. The summed E-state index contributed by atoms with van der Waals surface area (Å²) in [5.74, 6) is -0.382. The topological polar surface area (TPSA) is 87.7 Å². The lowest BCUT2D eigenvalue weighted by molar-refractivity contribution is -0.132. The van der Waals surface area contributed by atoms with E-state index in [1.165, 1.54) is 7.11 Å². The van der Waals surface area contributed by atoms with Crippen molar-refractivity contribution in [3.63, 3.8) is 0 Å². The van der Waals surface area contributed by atoms with Crippen LogP contribution in [0.5, 0.6) is 5.75 Å². The van der Waals surface area contributed by atoms with Crippen molar-refractivity contribution in [3.8, 4) is 5.75 Å². The van der Waals surface area contributed by atoms with E-state index in [2.05, 4.69) is 31.4 Å². The van der Waals surface area contributed by atoms with E-state index in [-0.39, 0.29) is 12.0 Å². The molecule has 4 amide bonds. The van der Waals surface area contributed by atoms with Gasteiger partial charge >= 0.3 is 6.03 Å². The Bertz CT molecular complexity index is 720. The Hall–Kier alpha value is -2.57. The largest absolute Gasteiger partial charge is 0.495 e. The summed E-state index contributed by atoms with van der Waals surface area (Å²) in [6.45, 7) is 9.04. The predicted octanol–water partition coefficient (Wildman–Crippen LogP) is 2.26. The monoisotopic (exact) mass is 347 g/mol. The molecular formula is C18H25N3O4. The molecule has 0 saturated carbocycles. The van der Waals surface area contributed by atoms with Crippen LogP contribution in [-0.4, -0.2) is 41.9 Å². The smallest absolute Gasteiger partial charge is 0.325 e. The first-order chi connectivity index (χ1) is 11.5. The highest BCUT2D eigenvalue weighted by Crippen LogP contribution is 2.31. The first-order valence-corrected chi connectivity index (χ1v) is 8.08. The van der Waals surface area contributed by atoms with E-state index in [0.717, 1.165) is 10.5 Å². The number of imide groups is 1. The lowest BCUT2D eigenvalue weighted by Crippen LogP contribution is -2.41. The number of ether oxygens (including phenoxy) is 1. The number of hydrogen-bond donors (Lipinski definition) is 2. The van der Waals surface area contributed by atoms with Crippen molar-refractivity contribution in [1.82, 2.24) is 10.2 Å². The van der Waals surface area contributed by atoms with Gasteiger partial charge in [0.05, 0.1) is 12.8 Å². The van der Waals surface area contributed by atoms with E-state index in [9.17, 15) is 14.4 Å². The molecule has 136 valence electrons. The highest BCUT2D eigenvalue weighted by molar-refractivity contribution is 6.09. The van der Waals surface area contributed by atoms with Crippen LogP contribution in [0.1, 0.15) is 40.2 Å². The lowest BCUT2D eigenvalue weighted by atomic mass is 9.87. The number of rotatable bonds is 4. The average Bonchev–Trinajstić information content (AvgIpc) is 2.68. The van der Waals surface area contributed by atoms with Gasteiger partial charge in [-0.15, -0.1) is 0 Å². The van der Waals surface area contributed by atoms with Crippen LogP contribution in [0.25, 0.3) is 0 Å². The normalized spacial score (nSPS) is 16.6. The number of nitrogens with zero attached hydrogens (tertiary/aromatic N) is 1. The summed E-state index contributed by atoms with van der Waals surface area (Å²) in [7, 11) is 1.52. The molecule has 2 rings (SSSR count). The fraction of sp³-hybridized carbons (Fsp3) is 0.500.